The number of amides is 1. The minimum Gasteiger partial charge on any atom is -0.285 e. The molecule has 122 valence electrons. The molecule has 1 aliphatic rings. The minimum atomic E-state index is -0.265. The second-order valence-corrected chi connectivity index (χ2v) is 6.50. The molecule has 3 heterocycles. The highest BCUT2D eigenvalue weighted by Crippen LogP contribution is 2.28. The molecule has 1 amide bonds. The molecule has 1 aromatic carbocycles. The molecule has 24 heavy (non-hydrogen) atoms. The first-order chi connectivity index (χ1) is 11.5. The van der Waals surface area contributed by atoms with Crippen molar-refractivity contribution in [3.8, 4) is 0 Å². The van der Waals surface area contributed by atoms with Gasteiger partial charge in [-0.3, -0.25) is 9.80 Å². The van der Waals surface area contributed by atoms with Crippen LogP contribution in [-0.4, -0.2) is 39.1 Å². The lowest BCUT2D eigenvalue weighted by molar-refractivity contribution is 0.0732. The summed E-state index contributed by atoms with van der Waals surface area (Å²) in [5.74, 6) is -0.479. The highest BCUT2D eigenvalue weighted by molar-refractivity contribution is 9.10. The van der Waals surface area contributed by atoms with E-state index in [2.05, 4.69) is 26.0 Å². The second kappa shape index (κ2) is 5.55. The van der Waals surface area contributed by atoms with E-state index in [9.17, 15) is 9.18 Å². The Labute approximate surface area is 145 Å². The lowest BCUT2D eigenvalue weighted by atomic mass is 10.1. The van der Waals surface area contributed by atoms with Crippen LogP contribution in [0.15, 0.2) is 41.1 Å². The molecule has 6 nitrogen and oxygen atoms in total. The third kappa shape index (κ3) is 2.43. The summed E-state index contributed by atoms with van der Waals surface area (Å²) >= 11 is 3.33. The zero-order valence-electron chi connectivity index (χ0n) is 12.8. The predicted molar refractivity (Wildman–Crippen MR) is 90.2 cm³/mol. The summed E-state index contributed by atoms with van der Waals surface area (Å²) in [7, 11) is 1.79. The Morgan fingerprint density at radius 2 is 2.17 bits per heavy atom. The third-order valence-electron chi connectivity index (χ3n) is 4.08. The summed E-state index contributed by atoms with van der Waals surface area (Å²) < 4.78 is 15.7. The smallest absolute Gasteiger partial charge is 0.285 e. The maximum absolute atomic E-state index is 13.4. The van der Waals surface area contributed by atoms with Crippen LogP contribution >= 0.6 is 15.9 Å². The number of hydrazine groups is 1. The molecule has 0 fully saturated rings. The van der Waals surface area contributed by atoms with Crippen LogP contribution < -0.4 is 5.01 Å². The summed E-state index contributed by atoms with van der Waals surface area (Å²) in [4.78, 5) is 17.1. The van der Waals surface area contributed by atoms with Gasteiger partial charge >= 0.3 is 0 Å². The average molecular weight is 390 g/mol. The van der Waals surface area contributed by atoms with Crippen molar-refractivity contribution in [2.24, 2.45) is 0 Å². The summed E-state index contributed by atoms with van der Waals surface area (Å²) in [6.45, 7) is 0.469. The fraction of sp³-hybridized carbons (Fsp3) is 0.188. The van der Waals surface area contributed by atoms with Gasteiger partial charge in [0.15, 0.2) is 11.3 Å². The number of anilines is 1. The number of fused-ring (bicyclic) bond motifs is 2. The number of carbonyl (C=O) groups is 1. The van der Waals surface area contributed by atoms with Crippen LogP contribution in [-0.2, 0) is 6.42 Å². The van der Waals surface area contributed by atoms with E-state index in [1.807, 2.05) is 0 Å². The molecule has 3 aromatic rings. The zero-order valence-corrected chi connectivity index (χ0v) is 14.4. The van der Waals surface area contributed by atoms with Gasteiger partial charge in [-0.05, 0) is 46.1 Å². The van der Waals surface area contributed by atoms with Crippen molar-refractivity contribution in [1.29, 1.82) is 0 Å². The number of rotatable bonds is 1. The molecular weight excluding hydrogens is 377 g/mol. The predicted octanol–water partition coefficient (Wildman–Crippen LogP) is 2.68. The molecule has 0 aliphatic carbocycles. The minimum absolute atomic E-state index is 0.214. The largest absolute Gasteiger partial charge is 0.292 e. The van der Waals surface area contributed by atoms with Crippen LogP contribution in [0.3, 0.4) is 0 Å². The third-order valence-corrected chi connectivity index (χ3v) is 4.49. The Kier molecular flexibility index (Phi) is 3.49. The van der Waals surface area contributed by atoms with Crippen molar-refractivity contribution >= 4 is 33.2 Å². The number of hydrogen-bond donors (Lipinski definition) is 0. The van der Waals surface area contributed by atoms with Crippen LogP contribution in [0.4, 0.5) is 10.1 Å². The van der Waals surface area contributed by atoms with Gasteiger partial charge < -0.3 is 0 Å². The Morgan fingerprint density at radius 3 is 3.00 bits per heavy atom. The van der Waals surface area contributed by atoms with Gasteiger partial charge in [0.05, 0.1) is 10.2 Å². The molecule has 0 spiro atoms. The average Bonchev–Trinajstić information content (AvgIpc) is 2.97. The maximum Gasteiger partial charge on any atom is 0.292 e. The molecule has 0 atom stereocenters. The quantitative estimate of drug-likeness (QED) is 0.641. The lowest BCUT2D eigenvalue weighted by Crippen LogP contribution is -2.48. The molecule has 0 saturated carbocycles. The second-order valence-electron chi connectivity index (χ2n) is 5.58. The van der Waals surface area contributed by atoms with Crippen LogP contribution in [0.2, 0.25) is 0 Å². The highest BCUT2D eigenvalue weighted by Gasteiger charge is 2.28. The molecular formula is C16H13BrFN5O. The molecule has 0 saturated heterocycles. The standard InChI is InChI=1S/C16H13BrFN5O/c1-21-14-3-2-12(18)6-10(14)4-5-23(21)16(24)13-7-15-19-8-11(17)9-22(15)20-13/h2-3,6-9H,4-5H2,1H3. The van der Waals surface area contributed by atoms with E-state index in [0.717, 1.165) is 15.7 Å². The molecule has 0 bridgehead atoms. The summed E-state index contributed by atoms with van der Waals surface area (Å²) in [5.41, 5.74) is 2.63. The topological polar surface area (TPSA) is 53.7 Å². The summed E-state index contributed by atoms with van der Waals surface area (Å²) in [5, 5.41) is 7.65. The molecule has 0 N–H and O–H groups in total. The maximum atomic E-state index is 13.4. The number of carbonyl (C=O) groups excluding carboxylic acids is 1. The lowest BCUT2D eigenvalue weighted by Gasteiger charge is -2.38. The van der Waals surface area contributed by atoms with Crippen molar-refractivity contribution < 1.29 is 9.18 Å². The molecule has 0 unspecified atom stereocenters. The van der Waals surface area contributed by atoms with Crippen LogP contribution in [0.5, 0.6) is 0 Å². The Balaban J connectivity index is 1.67. The van der Waals surface area contributed by atoms with E-state index < -0.39 is 0 Å². The Bertz CT molecular complexity index is 957. The van der Waals surface area contributed by atoms with Crippen molar-refractivity contribution in [1.82, 2.24) is 19.6 Å². The van der Waals surface area contributed by atoms with Crippen molar-refractivity contribution in [3.05, 3.63) is 58.2 Å². The van der Waals surface area contributed by atoms with Gasteiger partial charge in [-0.1, -0.05) is 0 Å². The molecule has 0 radical (unpaired) electrons. The van der Waals surface area contributed by atoms with Gasteiger partial charge in [-0.2, -0.15) is 5.10 Å². The molecule has 8 heteroatoms. The molecule has 2 aromatic heterocycles. The fourth-order valence-electron chi connectivity index (χ4n) is 2.90. The van der Waals surface area contributed by atoms with Crippen LogP contribution in [0.1, 0.15) is 16.1 Å². The van der Waals surface area contributed by atoms with Crippen molar-refractivity contribution in [3.63, 3.8) is 0 Å². The monoisotopic (exact) mass is 389 g/mol. The number of benzene rings is 1. The van der Waals surface area contributed by atoms with Gasteiger partial charge in [0.1, 0.15) is 5.82 Å². The van der Waals surface area contributed by atoms with Gasteiger partial charge in [0, 0.05) is 32.1 Å². The van der Waals surface area contributed by atoms with E-state index in [4.69, 9.17) is 0 Å². The first kappa shape index (κ1) is 15.1. The first-order valence-electron chi connectivity index (χ1n) is 7.38. The molecule has 4 rings (SSSR count). The van der Waals surface area contributed by atoms with E-state index in [1.54, 1.807) is 46.1 Å². The van der Waals surface area contributed by atoms with Crippen molar-refractivity contribution in [2.75, 3.05) is 18.6 Å². The van der Waals surface area contributed by atoms with E-state index in [0.29, 0.717) is 24.3 Å². The van der Waals surface area contributed by atoms with E-state index in [-0.39, 0.29) is 11.7 Å². The normalized spacial score (nSPS) is 14.1. The fourth-order valence-corrected chi connectivity index (χ4v) is 3.20. The number of hydrogen-bond acceptors (Lipinski definition) is 4. The Morgan fingerprint density at radius 1 is 1.33 bits per heavy atom. The Hall–Kier alpha value is -2.48. The van der Waals surface area contributed by atoms with E-state index >= 15 is 0 Å². The first-order valence-corrected chi connectivity index (χ1v) is 8.17. The van der Waals surface area contributed by atoms with Crippen molar-refractivity contribution in [2.45, 2.75) is 6.42 Å². The molecule has 1 aliphatic heterocycles. The van der Waals surface area contributed by atoms with Crippen LogP contribution in [0.25, 0.3) is 5.65 Å². The SMILES string of the molecule is CN1c2ccc(F)cc2CCN1C(=O)c1cc2ncc(Br)cn2n1. The van der Waals surface area contributed by atoms with Crippen LogP contribution in [0, 0.1) is 5.82 Å². The number of nitrogens with zero attached hydrogens (tertiary/aromatic N) is 5. The van der Waals surface area contributed by atoms with Gasteiger partial charge in [0.2, 0.25) is 0 Å². The highest BCUT2D eigenvalue weighted by atomic mass is 79.9. The van der Waals surface area contributed by atoms with Gasteiger partial charge in [-0.15, -0.1) is 0 Å². The zero-order chi connectivity index (χ0) is 16.8. The summed E-state index contributed by atoms with van der Waals surface area (Å²) in [6.07, 6.45) is 4.00. The van der Waals surface area contributed by atoms with E-state index in [1.165, 1.54) is 12.1 Å². The number of halogens is 2. The summed E-state index contributed by atoms with van der Waals surface area (Å²) in [6, 6.07) is 6.25. The van der Waals surface area contributed by atoms with Gasteiger partial charge in [-0.25, -0.2) is 18.9 Å². The van der Waals surface area contributed by atoms with Gasteiger partial charge in [0.25, 0.3) is 5.91 Å². The number of aromatic nitrogens is 3.